The van der Waals surface area contributed by atoms with Crippen molar-refractivity contribution in [3.05, 3.63) is 16.4 Å². The van der Waals surface area contributed by atoms with Crippen LogP contribution >= 0.6 is 23.2 Å². The van der Waals surface area contributed by atoms with Crippen LogP contribution < -0.4 is 10.2 Å². The van der Waals surface area contributed by atoms with Gasteiger partial charge in [0, 0.05) is 19.7 Å². The first kappa shape index (κ1) is 12.9. The molecule has 2 heterocycles. The Hall–Kier alpha value is -0.580. The highest BCUT2D eigenvalue weighted by Crippen LogP contribution is 2.26. The Bertz CT molecular complexity index is 380. The van der Waals surface area contributed by atoms with Gasteiger partial charge >= 0.3 is 0 Å². The minimum Gasteiger partial charge on any atom is -0.372 e. The fraction of sp³-hybridized carbons (Fsp3) is 0.636. The fourth-order valence-electron chi connectivity index (χ4n) is 2.16. The third-order valence-electron chi connectivity index (χ3n) is 3.10. The first-order chi connectivity index (χ1) is 8.16. The molecule has 1 aromatic rings. The van der Waals surface area contributed by atoms with Crippen molar-refractivity contribution in [3.8, 4) is 0 Å². The Morgan fingerprint density at radius 3 is 2.76 bits per heavy atom. The Morgan fingerprint density at radius 1 is 1.35 bits per heavy atom. The fourth-order valence-corrected chi connectivity index (χ4v) is 2.54. The lowest BCUT2D eigenvalue weighted by Crippen LogP contribution is -2.34. The molecule has 4 nitrogen and oxygen atoms in total. The third-order valence-corrected chi connectivity index (χ3v) is 3.56. The molecule has 0 aliphatic carbocycles. The molecule has 0 atom stereocenters. The molecule has 1 aromatic heterocycles. The molecule has 1 aliphatic rings. The molecule has 1 N–H and O–H groups in total. The number of anilines is 1. The van der Waals surface area contributed by atoms with Crippen molar-refractivity contribution in [1.82, 2.24) is 15.5 Å². The lowest BCUT2D eigenvalue weighted by molar-refractivity contribution is 0.378. The van der Waals surface area contributed by atoms with Crippen LogP contribution in [0.4, 0.5) is 5.69 Å². The number of nitrogens with one attached hydrogen (secondary N) is 1. The number of hydrogen-bond donors (Lipinski definition) is 1. The van der Waals surface area contributed by atoms with E-state index < -0.39 is 0 Å². The number of nitrogens with zero attached hydrogens (tertiary/aromatic N) is 3. The Kier molecular flexibility index (Phi) is 4.42. The maximum absolute atomic E-state index is 6.02. The van der Waals surface area contributed by atoms with Crippen LogP contribution in [0.3, 0.4) is 0 Å². The highest BCUT2D eigenvalue weighted by atomic mass is 35.5. The standard InChI is InChI=1S/C11H16Cl2N4/c1-17(7-8-2-4-14-5-3-8)9-6-10(12)15-16-11(9)13/h6,8,14H,2-5,7H2,1H3. The maximum Gasteiger partial charge on any atom is 0.175 e. The van der Waals surface area contributed by atoms with E-state index in [4.69, 9.17) is 23.2 Å². The summed E-state index contributed by atoms with van der Waals surface area (Å²) >= 11 is 11.9. The summed E-state index contributed by atoms with van der Waals surface area (Å²) in [5, 5.41) is 11.7. The Morgan fingerprint density at radius 2 is 2.06 bits per heavy atom. The van der Waals surface area contributed by atoms with Crippen molar-refractivity contribution in [1.29, 1.82) is 0 Å². The molecule has 2 rings (SSSR count). The van der Waals surface area contributed by atoms with Crippen molar-refractivity contribution in [2.75, 3.05) is 31.6 Å². The first-order valence-electron chi connectivity index (χ1n) is 5.77. The predicted octanol–water partition coefficient (Wildman–Crippen LogP) is 2.22. The molecular weight excluding hydrogens is 259 g/mol. The van der Waals surface area contributed by atoms with Gasteiger partial charge in [-0.1, -0.05) is 23.2 Å². The van der Waals surface area contributed by atoms with Gasteiger partial charge in [0.15, 0.2) is 10.3 Å². The lowest BCUT2D eigenvalue weighted by Gasteiger charge is -2.28. The molecule has 0 saturated carbocycles. The van der Waals surface area contributed by atoms with Crippen molar-refractivity contribution in [2.24, 2.45) is 5.92 Å². The quantitative estimate of drug-likeness (QED) is 0.918. The zero-order chi connectivity index (χ0) is 12.3. The highest BCUT2D eigenvalue weighted by Gasteiger charge is 2.17. The second-order valence-electron chi connectivity index (χ2n) is 4.42. The van der Waals surface area contributed by atoms with Gasteiger partial charge in [0.2, 0.25) is 0 Å². The molecule has 1 aliphatic heterocycles. The van der Waals surface area contributed by atoms with Gasteiger partial charge in [-0.2, -0.15) is 0 Å². The van der Waals surface area contributed by atoms with E-state index in [0.29, 0.717) is 16.2 Å². The molecule has 0 unspecified atom stereocenters. The second kappa shape index (κ2) is 5.85. The van der Waals surface area contributed by atoms with E-state index in [-0.39, 0.29) is 0 Å². The molecule has 0 radical (unpaired) electrons. The van der Waals surface area contributed by atoms with E-state index in [1.807, 2.05) is 7.05 Å². The van der Waals surface area contributed by atoms with E-state index >= 15 is 0 Å². The monoisotopic (exact) mass is 274 g/mol. The summed E-state index contributed by atoms with van der Waals surface area (Å²) < 4.78 is 0. The average molecular weight is 275 g/mol. The van der Waals surface area contributed by atoms with Gasteiger partial charge in [-0.25, -0.2) is 0 Å². The van der Waals surface area contributed by atoms with Crippen LogP contribution in [0.25, 0.3) is 0 Å². The normalized spacial score (nSPS) is 17.1. The van der Waals surface area contributed by atoms with E-state index in [1.54, 1.807) is 6.07 Å². The molecule has 94 valence electrons. The van der Waals surface area contributed by atoms with Crippen LogP contribution in [0.2, 0.25) is 10.3 Å². The van der Waals surface area contributed by atoms with Gasteiger partial charge < -0.3 is 10.2 Å². The highest BCUT2D eigenvalue weighted by molar-refractivity contribution is 6.33. The summed E-state index contributed by atoms with van der Waals surface area (Å²) in [4.78, 5) is 2.11. The zero-order valence-electron chi connectivity index (χ0n) is 9.79. The van der Waals surface area contributed by atoms with Crippen molar-refractivity contribution in [2.45, 2.75) is 12.8 Å². The summed E-state index contributed by atoms with van der Waals surface area (Å²) in [5.74, 6) is 0.698. The van der Waals surface area contributed by atoms with E-state index in [0.717, 1.165) is 25.3 Å². The van der Waals surface area contributed by atoms with Gasteiger partial charge in [-0.05, 0) is 31.8 Å². The van der Waals surface area contributed by atoms with E-state index in [2.05, 4.69) is 20.4 Å². The smallest absolute Gasteiger partial charge is 0.175 e. The zero-order valence-corrected chi connectivity index (χ0v) is 11.3. The largest absolute Gasteiger partial charge is 0.372 e. The van der Waals surface area contributed by atoms with Gasteiger partial charge in [0.05, 0.1) is 5.69 Å². The predicted molar refractivity (Wildman–Crippen MR) is 70.9 cm³/mol. The van der Waals surface area contributed by atoms with Crippen molar-refractivity contribution >= 4 is 28.9 Å². The van der Waals surface area contributed by atoms with Crippen molar-refractivity contribution in [3.63, 3.8) is 0 Å². The van der Waals surface area contributed by atoms with Crippen LogP contribution in [-0.4, -0.2) is 36.9 Å². The summed E-state index contributed by atoms with van der Waals surface area (Å²) in [6.45, 7) is 3.17. The average Bonchev–Trinajstić information content (AvgIpc) is 2.33. The number of piperidine rings is 1. The second-order valence-corrected chi connectivity index (χ2v) is 5.16. The summed E-state index contributed by atoms with van der Waals surface area (Å²) in [6.07, 6.45) is 2.41. The van der Waals surface area contributed by atoms with Crippen LogP contribution in [0.15, 0.2) is 6.07 Å². The molecule has 0 bridgehead atoms. The van der Waals surface area contributed by atoms with E-state index in [9.17, 15) is 0 Å². The maximum atomic E-state index is 6.02. The van der Waals surface area contributed by atoms with Crippen LogP contribution in [-0.2, 0) is 0 Å². The number of aromatic nitrogens is 2. The van der Waals surface area contributed by atoms with Crippen LogP contribution in [0.5, 0.6) is 0 Å². The SMILES string of the molecule is CN(CC1CCNCC1)c1cc(Cl)nnc1Cl. The minimum atomic E-state index is 0.376. The molecule has 1 fully saturated rings. The van der Waals surface area contributed by atoms with Crippen LogP contribution in [0.1, 0.15) is 12.8 Å². The Labute approximate surface area is 111 Å². The van der Waals surface area contributed by atoms with Gasteiger partial charge in [0.1, 0.15) is 0 Å². The molecule has 6 heteroatoms. The summed E-state index contributed by atoms with van der Waals surface area (Å²) in [7, 11) is 2.02. The number of halogens is 2. The molecular formula is C11H16Cl2N4. The topological polar surface area (TPSA) is 41.0 Å². The summed E-state index contributed by atoms with van der Waals surface area (Å²) in [6, 6.07) is 1.76. The van der Waals surface area contributed by atoms with Crippen LogP contribution in [0, 0.1) is 5.92 Å². The first-order valence-corrected chi connectivity index (χ1v) is 6.53. The minimum absolute atomic E-state index is 0.376. The molecule has 0 spiro atoms. The van der Waals surface area contributed by atoms with Crippen molar-refractivity contribution < 1.29 is 0 Å². The Balaban J connectivity index is 2.02. The molecule has 17 heavy (non-hydrogen) atoms. The van der Waals surface area contributed by atoms with E-state index in [1.165, 1.54) is 12.8 Å². The molecule has 0 aromatic carbocycles. The summed E-state index contributed by atoms with van der Waals surface area (Å²) in [5.41, 5.74) is 0.852. The third kappa shape index (κ3) is 3.44. The number of rotatable bonds is 3. The number of hydrogen-bond acceptors (Lipinski definition) is 4. The molecule has 1 saturated heterocycles. The van der Waals surface area contributed by atoms with Gasteiger partial charge in [-0.15, -0.1) is 10.2 Å². The lowest BCUT2D eigenvalue weighted by atomic mass is 9.97. The van der Waals surface area contributed by atoms with Gasteiger partial charge in [-0.3, -0.25) is 0 Å². The molecule has 0 amide bonds. The van der Waals surface area contributed by atoms with Gasteiger partial charge in [0.25, 0.3) is 0 Å².